The SMILES string of the molecule is CCCCN(CCCC)c1ccc(C(C)O)cc1F. The van der Waals surface area contributed by atoms with Crippen LogP contribution in [-0.4, -0.2) is 18.2 Å². The highest BCUT2D eigenvalue weighted by molar-refractivity contribution is 5.49. The molecular weight excluding hydrogens is 241 g/mol. The monoisotopic (exact) mass is 267 g/mol. The quantitative estimate of drug-likeness (QED) is 0.759. The molecule has 0 amide bonds. The van der Waals surface area contributed by atoms with Gasteiger partial charge in [-0.1, -0.05) is 32.8 Å². The average Bonchev–Trinajstić information content (AvgIpc) is 2.39. The van der Waals surface area contributed by atoms with E-state index in [-0.39, 0.29) is 5.82 Å². The summed E-state index contributed by atoms with van der Waals surface area (Å²) in [5, 5.41) is 9.48. The zero-order valence-electron chi connectivity index (χ0n) is 12.3. The molecule has 0 heterocycles. The van der Waals surface area contributed by atoms with Crippen molar-refractivity contribution in [1.82, 2.24) is 0 Å². The molecule has 1 aromatic carbocycles. The Labute approximate surface area is 116 Å². The van der Waals surface area contributed by atoms with E-state index in [0.29, 0.717) is 11.3 Å². The number of hydrogen-bond donors (Lipinski definition) is 1. The van der Waals surface area contributed by atoms with E-state index in [4.69, 9.17) is 0 Å². The van der Waals surface area contributed by atoms with Crippen molar-refractivity contribution < 1.29 is 9.50 Å². The van der Waals surface area contributed by atoms with Gasteiger partial charge >= 0.3 is 0 Å². The van der Waals surface area contributed by atoms with Crippen molar-refractivity contribution in [3.8, 4) is 0 Å². The molecule has 108 valence electrons. The van der Waals surface area contributed by atoms with Gasteiger partial charge in [-0.15, -0.1) is 0 Å². The third kappa shape index (κ3) is 4.83. The lowest BCUT2D eigenvalue weighted by Gasteiger charge is -2.25. The fourth-order valence-electron chi connectivity index (χ4n) is 2.09. The first-order valence-corrected chi connectivity index (χ1v) is 7.32. The summed E-state index contributed by atoms with van der Waals surface area (Å²) in [5.41, 5.74) is 1.29. The van der Waals surface area contributed by atoms with Gasteiger partial charge in [0.25, 0.3) is 0 Å². The van der Waals surface area contributed by atoms with Crippen molar-refractivity contribution in [3.63, 3.8) is 0 Å². The molecule has 0 fully saturated rings. The topological polar surface area (TPSA) is 23.5 Å². The van der Waals surface area contributed by atoms with Gasteiger partial charge in [0.05, 0.1) is 11.8 Å². The van der Waals surface area contributed by atoms with E-state index in [0.717, 1.165) is 38.8 Å². The standard InChI is InChI=1S/C16H26FNO/c1-4-6-10-18(11-7-5-2)16-9-8-14(13(3)19)12-15(16)17/h8-9,12-13,19H,4-7,10-11H2,1-3H3. The second kappa shape index (κ2) is 8.16. The molecule has 0 bridgehead atoms. The zero-order valence-corrected chi connectivity index (χ0v) is 12.3. The lowest BCUT2D eigenvalue weighted by Crippen LogP contribution is -2.26. The van der Waals surface area contributed by atoms with Crippen molar-refractivity contribution in [2.45, 2.75) is 52.6 Å². The maximum Gasteiger partial charge on any atom is 0.146 e. The van der Waals surface area contributed by atoms with Crippen LogP contribution in [0.5, 0.6) is 0 Å². The zero-order chi connectivity index (χ0) is 14.3. The number of anilines is 1. The van der Waals surface area contributed by atoms with Gasteiger partial charge in [-0.2, -0.15) is 0 Å². The third-order valence-corrected chi connectivity index (χ3v) is 3.36. The van der Waals surface area contributed by atoms with Gasteiger partial charge in [0.1, 0.15) is 5.82 Å². The van der Waals surface area contributed by atoms with Gasteiger partial charge in [-0.3, -0.25) is 0 Å². The molecule has 1 N–H and O–H groups in total. The number of unbranched alkanes of at least 4 members (excludes halogenated alkanes) is 2. The Kier molecular flexibility index (Phi) is 6.85. The number of rotatable bonds is 8. The summed E-state index contributed by atoms with van der Waals surface area (Å²) < 4.78 is 14.2. The number of aliphatic hydroxyl groups excluding tert-OH is 1. The molecule has 0 aliphatic heterocycles. The molecule has 0 radical (unpaired) electrons. The summed E-state index contributed by atoms with van der Waals surface area (Å²) >= 11 is 0. The molecule has 0 aliphatic carbocycles. The van der Waals surface area contributed by atoms with Crippen molar-refractivity contribution in [3.05, 3.63) is 29.6 Å². The van der Waals surface area contributed by atoms with Crippen LogP contribution in [0.25, 0.3) is 0 Å². The molecule has 0 saturated carbocycles. The summed E-state index contributed by atoms with van der Waals surface area (Å²) in [6, 6.07) is 5.06. The highest BCUT2D eigenvalue weighted by atomic mass is 19.1. The Bertz CT molecular complexity index is 371. The molecule has 0 aliphatic rings. The van der Waals surface area contributed by atoms with Crippen LogP contribution < -0.4 is 4.90 Å². The Balaban J connectivity index is 2.87. The fourth-order valence-corrected chi connectivity index (χ4v) is 2.09. The second-order valence-corrected chi connectivity index (χ2v) is 5.08. The fraction of sp³-hybridized carbons (Fsp3) is 0.625. The Morgan fingerprint density at radius 1 is 1.16 bits per heavy atom. The highest BCUT2D eigenvalue weighted by Crippen LogP contribution is 2.24. The molecule has 1 unspecified atom stereocenters. The molecule has 0 saturated heterocycles. The van der Waals surface area contributed by atoms with E-state index >= 15 is 0 Å². The first-order chi connectivity index (χ1) is 9.10. The van der Waals surface area contributed by atoms with Crippen molar-refractivity contribution >= 4 is 5.69 Å². The summed E-state index contributed by atoms with van der Waals surface area (Å²) in [6.07, 6.45) is 3.73. The molecule has 3 heteroatoms. The number of nitrogens with zero attached hydrogens (tertiary/aromatic N) is 1. The van der Waals surface area contributed by atoms with Crippen LogP contribution in [0.3, 0.4) is 0 Å². The van der Waals surface area contributed by atoms with Gasteiger partial charge in [-0.05, 0) is 37.5 Å². The Morgan fingerprint density at radius 2 is 1.74 bits per heavy atom. The molecule has 0 spiro atoms. The van der Waals surface area contributed by atoms with Crippen molar-refractivity contribution in [1.29, 1.82) is 0 Å². The number of halogens is 1. The minimum absolute atomic E-state index is 0.231. The van der Waals surface area contributed by atoms with Gasteiger partial charge in [0.2, 0.25) is 0 Å². The van der Waals surface area contributed by atoms with Crippen molar-refractivity contribution in [2.24, 2.45) is 0 Å². The predicted molar refractivity (Wildman–Crippen MR) is 79.1 cm³/mol. The van der Waals surface area contributed by atoms with Crippen LogP contribution >= 0.6 is 0 Å². The molecular formula is C16H26FNO. The van der Waals surface area contributed by atoms with E-state index < -0.39 is 6.10 Å². The first kappa shape index (κ1) is 16.0. The molecule has 1 rings (SSSR count). The van der Waals surface area contributed by atoms with Crippen LogP contribution in [0.4, 0.5) is 10.1 Å². The molecule has 19 heavy (non-hydrogen) atoms. The van der Waals surface area contributed by atoms with Gasteiger partial charge in [0.15, 0.2) is 0 Å². The van der Waals surface area contributed by atoms with Gasteiger partial charge in [-0.25, -0.2) is 4.39 Å². The third-order valence-electron chi connectivity index (χ3n) is 3.36. The van der Waals surface area contributed by atoms with E-state index in [1.807, 2.05) is 6.07 Å². The maximum absolute atomic E-state index is 14.2. The average molecular weight is 267 g/mol. The maximum atomic E-state index is 14.2. The van der Waals surface area contributed by atoms with Crippen molar-refractivity contribution in [2.75, 3.05) is 18.0 Å². The molecule has 0 aromatic heterocycles. The molecule has 2 nitrogen and oxygen atoms in total. The largest absolute Gasteiger partial charge is 0.389 e. The van der Waals surface area contributed by atoms with Crippen LogP contribution in [-0.2, 0) is 0 Å². The van der Waals surface area contributed by atoms with Crippen LogP contribution in [0.1, 0.15) is 58.1 Å². The van der Waals surface area contributed by atoms with E-state index in [1.165, 1.54) is 6.07 Å². The minimum atomic E-state index is -0.622. The lowest BCUT2D eigenvalue weighted by molar-refractivity contribution is 0.199. The lowest BCUT2D eigenvalue weighted by atomic mass is 10.1. The number of benzene rings is 1. The minimum Gasteiger partial charge on any atom is -0.389 e. The normalized spacial score (nSPS) is 12.5. The first-order valence-electron chi connectivity index (χ1n) is 7.32. The summed E-state index contributed by atoms with van der Waals surface area (Å²) in [6.45, 7) is 7.72. The number of aliphatic hydroxyl groups is 1. The number of hydrogen-bond acceptors (Lipinski definition) is 2. The van der Waals surface area contributed by atoms with E-state index in [2.05, 4.69) is 18.7 Å². The summed E-state index contributed by atoms with van der Waals surface area (Å²) in [7, 11) is 0. The Morgan fingerprint density at radius 3 is 2.16 bits per heavy atom. The van der Waals surface area contributed by atoms with Gasteiger partial charge < -0.3 is 10.0 Å². The van der Waals surface area contributed by atoms with Crippen LogP contribution in [0.2, 0.25) is 0 Å². The Hall–Kier alpha value is -1.09. The molecule has 1 atom stereocenters. The van der Waals surface area contributed by atoms with Gasteiger partial charge in [0, 0.05) is 13.1 Å². The predicted octanol–water partition coefficient (Wildman–Crippen LogP) is 4.29. The van der Waals surface area contributed by atoms with Crippen LogP contribution in [0, 0.1) is 5.82 Å². The van der Waals surface area contributed by atoms with E-state index in [1.54, 1.807) is 13.0 Å². The molecule has 1 aromatic rings. The van der Waals surface area contributed by atoms with Crippen LogP contribution in [0.15, 0.2) is 18.2 Å². The summed E-state index contributed by atoms with van der Waals surface area (Å²) in [4.78, 5) is 2.12. The highest BCUT2D eigenvalue weighted by Gasteiger charge is 2.12. The smallest absolute Gasteiger partial charge is 0.146 e. The second-order valence-electron chi connectivity index (χ2n) is 5.08. The van der Waals surface area contributed by atoms with E-state index in [9.17, 15) is 9.50 Å². The summed E-state index contributed by atoms with van der Waals surface area (Å²) in [5.74, 6) is -0.231.